The number of carbonyl (C=O) groups is 1. The number of thiazole rings is 1. The van der Waals surface area contributed by atoms with E-state index in [9.17, 15) is 4.79 Å². The van der Waals surface area contributed by atoms with Crippen LogP contribution in [0, 0.1) is 0 Å². The predicted octanol–water partition coefficient (Wildman–Crippen LogP) is 2.21. The van der Waals surface area contributed by atoms with Crippen molar-refractivity contribution in [3.63, 3.8) is 0 Å². The van der Waals surface area contributed by atoms with E-state index in [1.165, 1.54) is 11.3 Å². The van der Waals surface area contributed by atoms with Crippen LogP contribution in [0.1, 0.15) is 24.3 Å². The van der Waals surface area contributed by atoms with Crippen molar-refractivity contribution < 1.29 is 18.8 Å². The molecule has 1 aliphatic heterocycles. The number of halogens is 1. The van der Waals surface area contributed by atoms with Crippen LogP contribution < -0.4 is 5.32 Å². The van der Waals surface area contributed by atoms with Gasteiger partial charge in [-0.3, -0.25) is 4.79 Å². The molecule has 24 heavy (non-hydrogen) atoms. The molecule has 2 atom stereocenters. The van der Waals surface area contributed by atoms with Gasteiger partial charge in [0.15, 0.2) is 5.15 Å². The summed E-state index contributed by atoms with van der Waals surface area (Å²) in [7, 11) is 0. The van der Waals surface area contributed by atoms with E-state index in [-0.39, 0.29) is 18.1 Å². The smallest absolute Gasteiger partial charge is 0.220 e. The standard InChI is InChI=1S/C15H18ClN3O4S/c16-14-5-11(23-19-14)1-2-15(20)18-12-7-21-4-3-13(12)22-6-10-8-24-9-17-10/h5,8-9,12-13H,1-4,6-7H2,(H,18,20)/t12-,13+/m1/s1. The molecule has 3 heterocycles. The molecule has 0 unspecified atom stereocenters. The number of nitrogens with one attached hydrogen (secondary N) is 1. The molecule has 0 bridgehead atoms. The molecule has 3 rings (SSSR count). The van der Waals surface area contributed by atoms with Gasteiger partial charge in [0.05, 0.1) is 36.6 Å². The molecular formula is C15H18ClN3O4S. The normalized spacial score (nSPS) is 20.9. The van der Waals surface area contributed by atoms with Crippen LogP contribution in [0.4, 0.5) is 0 Å². The Labute approximate surface area is 148 Å². The monoisotopic (exact) mass is 371 g/mol. The maximum absolute atomic E-state index is 12.1. The first kappa shape index (κ1) is 17.3. The van der Waals surface area contributed by atoms with E-state index in [0.717, 1.165) is 12.1 Å². The van der Waals surface area contributed by atoms with Crippen LogP contribution >= 0.6 is 22.9 Å². The maximum atomic E-state index is 12.1. The Morgan fingerprint density at radius 2 is 2.46 bits per heavy atom. The summed E-state index contributed by atoms with van der Waals surface area (Å²) in [6.45, 7) is 1.52. The highest BCUT2D eigenvalue weighted by molar-refractivity contribution is 7.07. The molecule has 2 aromatic rings. The first-order chi connectivity index (χ1) is 11.7. The second-order valence-electron chi connectivity index (χ2n) is 5.48. The van der Waals surface area contributed by atoms with E-state index in [4.69, 9.17) is 25.6 Å². The average molecular weight is 372 g/mol. The highest BCUT2D eigenvalue weighted by Gasteiger charge is 2.28. The summed E-state index contributed by atoms with van der Waals surface area (Å²) in [5, 5.41) is 8.81. The minimum Gasteiger partial charge on any atom is -0.379 e. The molecule has 1 aliphatic rings. The number of aryl methyl sites for hydroxylation is 1. The molecule has 1 amide bonds. The van der Waals surface area contributed by atoms with Crippen molar-refractivity contribution >= 4 is 28.8 Å². The summed E-state index contributed by atoms with van der Waals surface area (Å²) in [4.78, 5) is 16.3. The van der Waals surface area contributed by atoms with Crippen molar-refractivity contribution in [2.24, 2.45) is 0 Å². The molecule has 0 aromatic carbocycles. The van der Waals surface area contributed by atoms with Crippen molar-refractivity contribution in [1.29, 1.82) is 0 Å². The zero-order valence-corrected chi connectivity index (χ0v) is 14.5. The van der Waals surface area contributed by atoms with Gasteiger partial charge in [0, 0.05) is 30.9 Å². The van der Waals surface area contributed by atoms with Gasteiger partial charge in [-0.1, -0.05) is 16.8 Å². The number of hydrogen-bond acceptors (Lipinski definition) is 7. The number of nitrogens with zero attached hydrogens (tertiary/aromatic N) is 2. The zero-order chi connectivity index (χ0) is 16.8. The number of amides is 1. The third-order valence-electron chi connectivity index (χ3n) is 3.70. The molecule has 1 fully saturated rings. The fraction of sp³-hybridized carbons (Fsp3) is 0.533. The van der Waals surface area contributed by atoms with E-state index in [2.05, 4.69) is 15.5 Å². The Morgan fingerprint density at radius 1 is 1.54 bits per heavy atom. The van der Waals surface area contributed by atoms with Crippen LogP contribution in [0.5, 0.6) is 0 Å². The molecule has 1 N–H and O–H groups in total. The van der Waals surface area contributed by atoms with Gasteiger partial charge in [-0.2, -0.15) is 0 Å². The van der Waals surface area contributed by atoms with Gasteiger partial charge in [-0.25, -0.2) is 4.98 Å². The lowest BCUT2D eigenvalue weighted by atomic mass is 10.1. The number of ether oxygens (including phenoxy) is 2. The van der Waals surface area contributed by atoms with Crippen molar-refractivity contribution in [1.82, 2.24) is 15.5 Å². The van der Waals surface area contributed by atoms with Crippen molar-refractivity contribution in [3.8, 4) is 0 Å². The largest absolute Gasteiger partial charge is 0.379 e. The minimum atomic E-state index is -0.164. The Bertz CT molecular complexity index is 649. The SMILES string of the molecule is O=C(CCc1cc(Cl)no1)N[C@@H]1COCC[C@@H]1OCc1cscn1. The molecular weight excluding hydrogens is 354 g/mol. The van der Waals surface area contributed by atoms with Crippen LogP contribution in [-0.2, 0) is 27.3 Å². The van der Waals surface area contributed by atoms with Crippen LogP contribution in [-0.4, -0.2) is 41.4 Å². The molecule has 9 heteroatoms. The molecule has 130 valence electrons. The van der Waals surface area contributed by atoms with Gasteiger partial charge in [-0.15, -0.1) is 11.3 Å². The Morgan fingerprint density at radius 3 is 3.21 bits per heavy atom. The number of rotatable bonds is 7. The topological polar surface area (TPSA) is 86.5 Å². The fourth-order valence-corrected chi connectivity index (χ4v) is 3.17. The Hall–Kier alpha value is -1.48. The summed E-state index contributed by atoms with van der Waals surface area (Å²) < 4.78 is 16.4. The molecule has 0 spiro atoms. The summed E-state index contributed by atoms with van der Waals surface area (Å²) >= 11 is 7.22. The molecule has 1 saturated heterocycles. The van der Waals surface area contributed by atoms with E-state index in [1.54, 1.807) is 11.6 Å². The second kappa shape index (κ2) is 8.57. The summed E-state index contributed by atoms with van der Waals surface area (Å²) in [6, 6.07) is 1.45. The van der Waals surface area contributed by atoms with Gasteiger partial charge in [0.25, 0.3) is 0 Å². The number of carbonyl (C=O) groups excluding carboxylic acids is 1. The van der Waals surface area contributed by atoms with Crippen molar-refractivity contribution in [2.75, 3.05) is 13.2 Å². The van der Waals surface area contributed by atoms with E-state index in [1.807, 2.05) is 5.38 Å². The van der Waals surface area contributed by atoms with Gasteiger partial charge >= 0.3 is 0 Å². The zero-order valence-electron chi connectivity index (χ0n) is 12.9. The highest BCUT2D eigenvalue weighted by atomic mass is 35.5. The van der Waals surface area contributed by atoms with Crippen LogP contribution in [0.2, 0.25) is 5.15 Å². The molecule has 2 aromatic heterocycles. The number of hydrogen-bond donors (Lipinski definition) is 1. The van der Waals surface area contributed by atoms with Gasteiger partial charge in [0.2, 0.25) is 5.91 Å². The highest BCUT2D eigenvalue weighted by Crippen LogP contribution is 2.15. The summed E-state index contributed by atoms with van der Waals surface area (Å²) in [5.41, 5.74) is 2.68. The minimum absolute atomic E-state index is 0.0795. The van der Waals surface area contributed by atoms with Crippen LogP contribution in [0.25, 0.3) is 0 Å². The summed E-state index contributed by atoms with van der Waals surface area (Å²) in [5.74, 6) is 0.506. The third kappa shape index (κ3) is 5.01. The lowest BCUT2D eigenvalue weighted by Crippen LogP contribution is -2.50. The van der Waals surface area contributed by atoms with Crippen molar-refractivity contribution in [2.45, 2.75) is 38.0 Å². The van der Waals surface area contributed by atoms with Gasteiger partial charge in [0.1, 0.15) is 5.76 Å². The molecule has 7 nitrogen and oxygen atoms in total. The molecule has 0 aliphatic carbocycles. The van der Waals surface area contributed by atoms with E-state index < -0.39 is 0 Å². The summed E-state index contributed by atoms with van der Waals surface area (Å²) in [6.07, 6.45) is 1.40. The quantitative estimate of drug-likeness (QED) is 0.803. The lowest BCUT2D eigenvalue weighted by Gasteiger charge is -2.32. The first-order valence-electron chi connectivity index (χ1n) is 7.67. The first-order valence-corrected chi connectivity index (χ1v) is 8.99. The van der Waals surface area contributed by atoms with Gasteiger partial charge in [-0.05, 0) is 6.42 Å². The van der Waals surface area contributed by atoms with Crippen LogP contribution in [0.15, 0.2) is 21.5 Å². The average Bonchev–Trinajstić information content (AvgIpc) is 3.24. The van der Waals surface area contributed by atoms with E-state index >= 15 is 0 Å². The Kier molecular flexibility index (Phi) is 6.19. The number of aromatic nitrogens is 2. The second-order valence-corrected chi connectivity index (χ2v) is 6.59. The van der Waals surface area contributed by atoms with Gasteiger partial charge < -0.3 is 19.3 Å². The molecule has 0 radical (unpaired) electrons. The van der Waals surface area contributed by atoms with Crippen molar-refractivity contribution in [3.05, 3.63) is 33.6 Å². The molecule has 0 saturated carbocycles. The van der Waals surface area contributed by atoms with E-state index in [0.29, 0.717) is 43.6 Å². The third-order valence-corrected chi connectivity index (χ3v) is 4.51. The maximum Gasteiger partial charge on any atom is 0.220 e. The lowest BCUT2D eigenvalue weighted by molar-refractivity contribution is -0.126. The Balaban J connectivity index is 1.46. The predicted molar refractivity (Wildman–Crippen MR) is 87.9 cm³/mol. The van der Waals surface area contributed by atoms with Crippen LogP contribution in [0.3, 0.4) is 0 Å². The fourth-order valence-electron chi connectivity index (χ4n) is 2.47.